The van der Waals surface area contributed by atoms with Gasteiger partial charge >= 0.3 is 0 Å². The van der Waals surface area contributed by atoms with Crippen molar-refractivity contribution in [3.63, 3.8) is 0 Å². The van der Waals surface area contributed by atoms with E-state index in [0.717, 1.165) is 0 Å². The molecule has 1 aromatic rings. The van der Waals surface area contributed by atoms with Crippen LogP contribution in [-0.4, -0.2) is 25.3 Å². The van der Waals surface area contributed by atoms with E-state index < -0.39 is 26.7 Å². The summed E-state index contributed by atoms with van der Waals surface area (Å²) in [6, 6.07) is 8.19. The van der Waals surface area contributed by atoms with Gasteiger partial charge in [0.25, 0.3) is 0 Å². The highest BCUT2D eigenvalue weighted by atomic mass is 32.2. The lowest BCUT2D eigenvalue weighted by Crippen LogP contribution is -2.29. The number of sulfone groups is 1. The van der Waals surface area contributed by atoms with Crippen molar-refractivity contribution in [1.29, 1.82) is 5.26 Å². The molecule has 1 N–H and O–H groups in total. The molecule has 1 amide bonds. The molecule has 102 valence electrons. The minimum absolute atomic E-state index is 0.475. The molecule has 0 aliphatic rings. The summed E-state index contributed by atoms with van der Waals surface area (Å²) in [5.74, 6) is -1.09. The van der Waals surface area contributed by atoms with Crippen LogP contribution in [0.25, 0.3) is 0 Å². The topological polar surface area (TPSA) is 87.0 Å². The number of hydrogen-bond donors (Lipinski definition) is 1. The Hall–Kier alpha value is -1.87. The Morgan fingerprint density at radius 2 is 1.95 bits per heavy atom. The van der Waals surface area contributed by atoms with E-state index in [0.29, 0.717) is 17.7 Å². The highest BCUT2D eigenvalue weighted by molar-refractivity contribution is 7.92. The molecule has 1 aromatic carbocycles. The summed E-state index contributed by atoms with van der Waals surface area (Å²) in [4.78, 5) is 11.6. The van der Waals surface area contributed by atoms with E-state index in [1.807, 2.05) is 6.07 Å². The van der Waals surface area contributed by atoms with Crippen LogP contribution in [0.3, 0.4) is 0 Å². The van der Waals surface area contributed by atoms with Gasteiger partial charge in [0.15, 0.2) is 9.84 Å². The molecule has 5 nitrogen and oxygen atoms in total. The second kappa shape index (κ2) is 6.34. The summed E-state index contributed by atoms with van der Waals surface area (Å²) in [6.45, 7) is 3.35. The van der Waals surface area contributed by atoms with Crippen molar-refractivity contribution in [3.8, 4) is 6.07 Å². The maximum absolute atomic E-state index is 11.8. The van der Waals surface area contributed by atoms with Gasteiger partial charge in [-0.2, -0.15) is 5.26 Å². The molecule has 0 bridgehead atoms. The third kappa shape index (κ3) is 4.38. The van der Waals surface area contributed by atoms with Gasteiger partial charge in [-0.1, -0.05) is 6.92 Å². The molecule has 0 saturated carbocycles. The van der Waals surface area contributed by atoms with Crippen LogP contribution in [0.4, 0.5) is 5.69 Å². The van der Waals surface area contributed by atoms with E-state index in [9.17, 15) is 13.2 Å². The van der Waals surface area contributed by atoms with Crippen molar-refractivity contribution in [2.45, 2.75) is 25.5 Å². The van der Waals surface area contributed by atoms with Crippen molar-refractivity contribution in [1.82, 2.24) is 0 Å². The van der Waals surface area contributed by atoms with E-state index in [2.05, 4.69) is 5.32 Å². The normalized spacial score (nSPS) is 12.5. The first-order valence-corrected chi connectivity index (χ1v) is 7.62. The molecule has 0 spiro atoms. The minimum atomic E-state index is -3.41. The average molecular weight is 280 g/mol. The molecule has 0 aromatic heterocycles. The SMILES string of the molecule is CCC(C)S(=O)(=O)CC(=O)Nc1ccc(C#N)cc1. The first-order chi connectivity index (χ1) is 8.89. The number of carbonyl (C=O) groups excluding carboxylic acids is 1. The molecule has 0 fully saturated rings. The van der Waals surface area contributed by atoms with Gasteiger partial charge in [0, 0.05) is 5.69 Å². The number of nitrogens with one attached hydrogen (secondary N) is 1. The van der Waals surface area contributed by atoms with E-state index in [1.165, 1.54) is 0 Å². The third-order valence-electron chi connectivity index (χ3n) is 2.82. The lowest BCUT2D eigenvalue weighted by Gasteiger charge is -2.10. The second-order valence-electron chi connectivity index (χ2n) is 4.26. The van der Waals surface area contributed by atoms with E-state index in [1.54, 1.807) is 38.1 Å². The summed E-state index contributed by atoms with van der Waals surface area (Å²) in [7, 11) is -3.41. The predicted octanol–water partition coefficient (Wildman–Crippen LogP) is 1.71. The van der Waals surface area contributed by atoms with Gasteiger partial charge in [-0.25, -0.2) is 8.42 Å². The zero-order chi connectivity index (χ0) is 14.5. The Labute approximate surface area is 113 Å². The summed E-state index contributed by atoms with van der Waals surface area (Å²) < 4.78 is 23.5. The fraction of sp³-hybridized carbons (Fsp3) is 0.385. The second-order valence-corrected chi connectivity index (χ2v) is 6.68. The number of nitriles is 1. The van der Waals surface area contributed by atoms with E-state index >= 15 is 0 Å². The summed E-state index contributed by atoms with van der Waals surface area (Å²) >= 11 is 0. The fourth-order valence-corrected chi connectivity index (χ4v) is 2.63. The number of benzene rings is 1. The van der Waals surface area contributed by atoms with Crippen molar-refractivity contribution >= 4 is 21.4 Å². The molecule has 6 heteroatoms. The van der Waals surface area contributed by atoms with Crippen LogP contribution in [0.2, 0.25) is 0 Å². The Balaban J connectivity index is 2.68. The zero-order valence-corrected chi connectivity index (χ0v) is 11.7. The van der Waals surface area contributed by atoms with Crippen LogP contribution in [0.15, 0.2) is 24.3 Å². The molecule has 0 aliphatic heterocycles. The zero-order valence-electron chi connectivity index (χ0n) is 10.9. The minimum Gasteiger partial charge on any atom is -0.325 e. The van der Waals surface area contributed by atoms with Crippen LogP contribution >= 0.6 is 0 Å². The van der Waals surface area contributed by atoms with Gasteiger partial charge in [0.05, 0.1) is 16.9 Å². The summed E-state index contributed by atoms with van der Waals surface area (Å²) in [5.41, 5.74) is 0.952. The first kappa shape index (κ1) is 15.2. The predicted molar refractivity (Wildman–Crippen MR) is 73.3 cm³/mol. The Bertz CT molecular complexity index is 585. The lowest BCUT2D eigenvalue weighted by atomic mass is 10.2. The van der Waals surface area contributed by atoms with Gasteiger partial charge in [0.2, 0.25) is 5.91 Å². The Morgan fingerprint density at radius 3 is 2.42 bits per heavy atom. The quantitative estimate of drug-likeness (QED) is 0.889. The molecule has 0 saturated heterocycles. The molecule has 1 atom stereocenters. The van der Waals surface area contributed by atoms with Crippen LogP contribution < -0.4 is 5.32 Å². The van der Waals surface area contributed by atoms with Gasteiger partial charge in [-0.3, -0.25) is 4.79 Å². The van der Waals surface area contributed by atoms with Crippen LogP contribution in [0, 0.1) is 11.3 Å². The molecule has 1 unspecified atom stereocenters. The highest BCUT2D eigenvalue weighted by Crippen LogP contribution is 2.10. The number of amides is 1. The van der Waals surface area contributed by atoms with Crippen molar-refractivity contribution in [2.24, 2.45) is 0 Å². The molecule has 0 aliphatic carbocycles. The lowest BCUT2D eigenvalue weighted by molar-refractivity contribution is -0.113. The molecular formula is C13H16N2O3S. The molecule has 0 heterocycles. The van der Waals surface area contributed by atoms with Crippen LogP contribution in [-0.2, 0) is 14.6 Å². The van der Waals surface area contributed by atoms with Crippen molar-refractivity contribution in [2.75, 3.05) is 11.1 Å². The van der Waals surface area contributed by atoms with E-state index in [4.69, 9.17) is 5.26 Å². The van der Waals surface area contributed by atoms with Gasteiger partial charge < -0.3 is 5.32 Å². The Kier molecular flexibility index (Phi) is 5.07. The molecule has 19 heavy (non-hydrogen) atoms. The maximum Gasteiger partial charge on any atom is 0.239 e. The summed E-state index contributed by atoms with van der Waals surface area (Å²) in [5, 5.41) is 10.6. The standard InChI is InChI=1S/C13H16N2O3S/c1-3-10(2)19(17,18)9-13(16)15-12-6-4-11(8-14)5-7-12/h4-7,10H,3,9H2,1-2H3,(H,15,16). The largest absolute Gasteiger partial charge is 0.325 e. The molecule has 0 radical (unpaired) electrons. The Morgan fingerprint density at radius 1 is 1.37 bits per heavy atom. The monoisotopic (exact) mass is 280 g/mol. The van der Waals surface area contributed by atoms with Crippen molar-refractivity contribution < 1.29 is 13.2 Å². The van der Waals surface area contributed by atoms with Crippen LogP contribution in [0.5, 0.6) is 0 Å². The van der Waals surface area contributed by atoms with Crippen LogP contribution in [0.1, 0.15) is 25.8 Å². The molecular weight excluding hydrogens is 264 g/mol. The number of rotatable bonds is 5. The summed E-state index contributed by atoms with van der Waals surface area (Å²) in [6.07, 6.45) is 0.479. The fourth-order valence-electron chi connectivity index (χ4n) is 1.40. The van der Waals surface area contributed by atoms with Crippen molar-refractivity contribution in [3.05, 3.63) is 29.8 Å². The van der Waals surface area contributed by atoms with Gasteiger partial charge in [-0.15, -0.1) is 0 Å². The number of nitrogens with zero attached hydrogens (tertiary/aromatic N) is 1. The highest BCUT2D eigenvalue weighted by Gasteiger charge is 2.22. The number of hydrogen-bond acceptors (Lipinski definition) is 4. The first-order valence-electron chi connectivity index (χ1n) is 5.90. The molecule has 1 rings (SSSR count). The average Bonchev–Trinajstić information content (AvgIpc) is 2.37. The van der Waals surface area contributed by atoms with Gasteiger partial charge in [-0.05, 0) is 37.6 Å². The number of anilines is 1. The maximum atomic E-state index is 11.8. The smallest absolute Gasteiger partial charge is 0.239 e. The number of carbonyl (C=O) groups is 1. The third-order valence-corrected chi connectivity index (χ3v) is 5.04. The van der Waals surface area contributed by atoms with Gasteiger partial charge in [0.1, 0.15) is 5.75 Å². The van der Waals surface area contributed by atoms with E-state index in [-0.39, 0.29) is 0 Å².